The normalized spacial score (nSPS) is 11.0. The molecule has 112 valence electrons. The monoisotopic (exact) mass is 303 g/mol. The number of hydrogen-bond donors (Lipinski definition) is 0. The summed E-state index contributed by atoms with van der Waals surface area (Å²) in [4.78, 5) is 16.8. The molecule has 0 aliphatic carbocycles. The maximum Gasteiger partial charge on any atom is 0.264 e. The highest BCUT2D eigenvalue weighted by Crippen LogP contribution is 2.28. The third kappa shape index (κ3) is 2.14. The fraction of sp³-hybridized carbons (Fsp3) is 0.0556. The van der Waals surface area contributed by atoms with E-state index in [-0.39, 0.29) is 5.56 Å². The van der Waals surface area contributed by atoms with Gasteiger partial charge < -0.3 is 9.09 Å². The second-order valence-electron chi connectivity index (χ2n) is 5.27. The maximum absolute atomic E-state index is 12.8. The van der Waals surface area contributed by atoms with Crippen LogP contribution in [0.4, 0.5) is 0 Å². The Bertz CT molecular complexity index is 1030. The van der Waals surface area contributed by atoms with Crippen molar-refractivity contribution >= 4 is 11.0 Å². The maximum atomic E-state index is 12.8. The van der Waals surface area contributed by atoms with E-state index < -0.39 is 0 Å². The third-order valence-electron chi connectivity index (χ3n) is 3.89. The van der Waals surface area contributed by atoms with E-state index in [9.17, 15) is 4.79 Å². The molecule has 5 nitrogen and oxygen atoms in total. The van der Waals surface area contributed by atoms with Crippen molar-refractivity contribution in [1.29, 1.82) is 0 Å². The summed E-state index contributed by atoms with van der Waals surface area (Å²) in [5, 5.41) is 4.60. The molecule has 5 heteroatoms. The van der Waals surface area contributed by atoms with E-state index in [4.69, 9.17) is 4.52 Å². The molecule has 0 atom stereocenters. The van der Waals surface area contributed by atoms with Crippen LogP contribution in [0.15, 0.2) is 70.2 Å². The standard InChI is InChI=1S/C18H13N3O2/c1-21-14(12-7-9-19-10-8-12)11-15-16(18(21)22)17(20-23-15)13-5-3-2-4-6-13/h2-11H,1H3. The van der Waals surface area contributed by atoms with Crippen molar-refractivity contribution in [2.75, 3.05) is 0 Å². The molecular weight excluding hydrogens is 290 g/mol. The molecule has 0 radical (unpaired) electrons. The molecule has 0 unspecified atom stereocenters. The molecule has 4 aromatic rings. The summed E-state index contributed by atoms with van der Waals surface area (Å²) in [5.41, 5.74) is 3.45. The van der Waals surface area contributed by atoms with Crippen LogP contribution in [0, 0.1) is 0 Å². The molecule has 0 saturated heterocycles. The molecule has 0 aliphatic rings. The first-order valence-corrected chi connectivity index (χ1v) is 7.21. The quantitative estimate of drug-likeness (QED) is 0.570. The van der Waals surface area contributed by atoms with E-state index in [1.807, 2.05) is 48.5 Å². The van der Waals surface area contributed by atoms with E-state index in [0.29, 0.717) is 16.7 Å². The summed E-state index contributed by atoms with van der Waals surface area (Å²) in [6, 6.07) is 15.1. The van der Waals surface area contributed by atoms with Gasteiger partial charge in [-0.15, -0.1) is 0 Å². The number of nitrogens with zero attached hydrogens (tertiary/aromatic N) is 3. The lowest BCUT2D eigenvalue weighted by atomic mass is 10.1. The second kappa shape index (κ2) is 5.21. The van der Waals surface area contributed by atoms with E-state index in [1.54, 1.807) is 24.0 Å². The van der Waals surface area contributed by atoms with Gasteiger partial charge in [-0.05, 0) is 12.1 Å². The molecule has 0 saturated carbocycles. The molecule has 1 aromatic carbocycles. The molecule has 23 heavy (non-hydrogen) atoms. The first kappa shape index (κ1) is 13.5. The molecular formula is C18H13N3O2. The van der Waals surface area contributed by atoms with Crippen molar-refractivity contribution in [3.05, 3.63) is 71.3 Å². The fourth-order valence-electron chi connectivity index (χ4n) is 2.70. The van der Waals surface area contributed by atoms with Gasteiger partial charge in [0.1, 0.15) is 11.1 Å². The Labute approximate surface area is 131 Å². The molecule has 0 bridgehead atoms. The molecule has 3 heterocycles. The topological polar surface area (TPSA) is 60.9 Å². The molecule has 0 N–H and O–H groups in total. The van der Waals surface area contributed by atoms with E-state index in [0.717, 1.165) is 16.8 Å². The van der Waals surface area contributed by atoms with Crippen molar-refractivity contribution in [1.82, 2.24) is 14.7 Å². The average molecular weight is 303 g/mol. The van der Waals surface area contributed by atoms with Crippen LogP contribution < -0.4 is 5.56 Å². The minimum absolute atomic E-state index is 0.130. The van der Waals surface area contributed by atoms with Gasteiger partial charge in [-0.3, -0.25) is 9.78 Å². The van der Waals surface area contributed by atoms with Crippen LogP contribution in [-0.4, -0.2) is 14.7 Å². The van der Waals surface area contributed by atoms with Crippen LogP contribution in [0.25, 0.3) is 33.5 Å². The largest absolute Gasteiger partial charge is 0.355 e. The first-order chi connectivity index (χ1) is 11.3. The third-order valence-corrected chi connectivity index (χ3v) is 3.89. The first-order valence-electron chi connectivity index (χ1n) is 7.21. The van der Waals surface area contributed by atoms with Crippen LogP contribution in [0.1, 0.15) is 0 Å². The highest BCUT2D eigenvalue weighted by Gasteiger charge is 2.17. The Morgan fingerprint density at radius 3 is 2.48 bits per heavy atom. The smallest absolute Gasteiger partial charge is 0.264 e. The van der Waals surface area contributed by atoms with Crippen LogP contribution in [0.5, 0.6) is 0 Å². The summed E-state index contributed by atoms with van der Waals surface area (Å²) in [7, 11) is 1.75. The molecule has 3 aromatic heterocycles. The zero-order chi connectivity index (χ0) is 15.8. The van der Waals surface area contributed by atoms with Crippen LogP contribution >= 0.6 is 0 Å². The van der Waals surface area contributed by atoms with E-state index in [2.05, 4.69) is 10.1 Å². The molecule has 0 amide bonds. The highest BCUT2D eigenvalue weighted by atomic mass is 16.5. The summed E-state index contributed by atoms with van der Waals surface area (Å²) >= 11 is 0. The van der Waals surface area contributed by atoms with Crippen molar-refractivity contribution in [3.8, 4) is 22.5 Å². The van der Waals surface area contributed by atoms with Gasteiger partial charge in [-0.2, -0.15) is 0 Å². The number of rotatable bonds is 2. The molecule has 0 aliphatic heterocycles. The zero-order valence-electron chi connectivity index (χ0n) is 12.4. The fourth-order valence-corrected chi connectivity index (χ4v) is 2.70. The Hall–Kier alpha value is -3.21. The van der Waals surface area contributed by atoms with Crippen molar-refractivity contribution < 1.29 is 4.52 Å². The predicted molar refractivity (Wildman–Crippen MR) is 87.9 cm³/mol. The Balaban J connectivity index is 2.01. The molecule has 0 spiro atoms. The van der Waals surface area contributed by atoms with Gasteiger partial charge in [-0.25, -0.2) is 0 Å². The Morgan fingerprint density at radius 1 is 1.00 bits per heavy atom. The number of benzene rings is 1. The highest BCUT2D eigenvalue weighted by molar-refractivity contribution is 5.92. The Kier molecular flexibility index (Phi) is 3.05. The number of aromatic nitrogens is 3. The lowest BCUT2D eigenvalue weighted by molar-refractivity contribution is 0.459. The number of pyridine rings is 2. The van der Waals surface area contributed by atoms with Crippen molar-refractivity contribution in [2.24, 2.45) is 7.05 Å². The SMILES string of the molecule is Cn1c(-c2ccncc2)cc2onc(-c3ccccc3)c2c1=O. The summed E-state index contributed by atoms with van der Waals surface area (Å²) < 4.78 is 7.03. The Morgan fingerprint density at radius 2 is 1.74 bits per heavy atom. The summed E-state index contributed by atoms with van der Waals surface area (Å²) in [5.74, 6) is 0. The van der Waals surface area contributed by atoms with E-state index in [1.165, 1.54) is 0 Å². The van der Waals surface area contributed by atoms with Crippen LogP contribution in [0.2, 0.25) is 0 Å². The molecule has 0 fully saturated rings. The van der Waals surface area contributed by atoms with Crippen LogP contribution in [0.3, 0.4) is 0 Å². The molecule has 4 rings (SSSR count). The van der Waals surface area contributed by atoms with Gasteiger partial charge in [0.15, 0.2) is 5.58 Å². The van der Waals surface area contributed by atoms with Gasteiger partial charge in [0, 0.05) is 36.6 Å². The average Bonchev–Trinajstić information content (AvgIpc) is 3.04. The zero-order valence-corrected chi connectivity index (χ0v) is 12.4. The predicted octanol–water partition coefficient (Wildman–Crippen LogP) is 3.26. The second-order valence-corrected chi connectivity index (χ2v) is 5.27. The van der Waals surface area contributed by atoms with Gasteiger partial charge in [0.2, 0.25) is 0 Å². The van der Waals surface area contributed by atoms with Crippen LogP contribution in [-0.2, 0) is 7.05 Å². The number of fused-ring (bicyclic) bond motifs is 1. The minimum atomic E-state index is -0.130. The lowest BCUT2D eigenvalue weighted by Crippen LogP contribution is -2.18. The van der Waals surface area contributed by atoms with E-state index >= 15 is 0 Å². The number of hydrogen-bond acceptors (Lipinski definition) is 4. The van der Waals surface area contributed by atoms with Gasteiger partial charge in [0.25, 0.3) is 5.56 Å². The summed E-state index contributed by atoms with van der Waals surface area (Å²) in [6.07, 6.45) is 3.39. The van der Waals surface area contributed by atoms with Crippen molar-refractivity contribution in [2.45, 2.75) is 0 Å². The summed E-state index contributed by atoms with van der Waals surface area (Å²) in [6.45, 7) is 0. The van der Waals surface area contributed by atoms with Gasteiger partial charge in [-0.1, -0.05) is 35.5 Å². The minimum Gasteiger partial charge on any atom is -0.355 e. The van der Waals surface area contributed by atoms with Crippen molar-refractivity contribution in [3.63, 3.8) is 0 Å². The van der Waals surface area contributed by atoms with Gasteiger partial charge >= 0.3 is 0 Å². The van der Waals surface area contributed by atoms with Gasteiger partial charge in [0.05, 0.1) is 5.69 Å². The lowest BCUT2D eigenvalue weighted by Gasteiger charge is -2.08.